The maximum Gasteiger partial charge on any atom is 0.317 e. The first-order valence-corrected chi connectivity index (χ1v) is 34.6. The van der Waals surface area contributed by atoms with E-state index >= 15 is 0 Å². The lowest BCUT2D eigenvalue weighted by molar-refractivity contribution is -0.143. The standard InChI is InChI=1S/C65H88F2IN13O14S/c1-45(63(93)79-30-28-74(29-31-79)19-6-32-95-49-14-15-53-52(33-49)51(16-18-70-53)62(92)73-38-58(85)81-44-65(66,67)35-48(81)36-69)39-80-57(84)34-54(64(80)94)96-50(8-3-2-4-17-71-55(82)9-5-7-46-10-12-47(68)13-11-46)37-72-56(83)40-75-20-22-76(41-59(86)87)24-26-78(43-61(90)91)27-25-77(23-21-75)42-60(88)89/h10-16,18,33,45,48,50,54H,2-9,17,19-32,34-35,37-44H2,1H3,(H,71,82)(H,72,83)(H,73,92)(H,86,87)(H,88,89)(H,90,91)/t45-,48-,50-,54?/m1/s1. The molecule has 524 valence electrons. The molecule has 7 amide bonds. The summed E-state index contributed by atoms with van der Waals surface area (Å²) in [6.07, 6.45) is 5.78. The molecule has 31 heteroatoms. The minimum Gasteiger partial charge on any atom is -0.494 e. The number of likely N-dealkylation sites (tertiary alicyclic amines) is 2. The molecule has 2 aromatic carbocycles. The van der Waals surface area contributed by atoms with Gasteiger partial charge in [-0.05, 0) is 96.7 Å². The van der Waals surface area contributed by atoms with E-state index in [9.17, 15) is 77.3 Å². The first-order valence-electron chi connectivity index (χ1n) is 32.6. The van der Waals surface area contributed by atoms with Crippen molar-refractivity contribution < 1.29 is 76.8 Å². The molecule has 0 spiro atoms. The summed E-state index contributed by atoms with van der Waals surface area (Å²) < 4.78 is 35.1. The second kappa shape index (κ2) is 38.1. The zero-order valence-electron chi connectivity index (χ0n) is 54.2. The minimum atomic E-state index is -3.19. The molecule has 4 saturated heterocycles. The number of amides is 7. The summed E-state index contributed by atoms with van der Waals surface area (Å²) in [6, 6.07) is 15.2. The summed E-state index contributed by atoms with van der Waals surface area (Å²) in [5, 5.41) is 46.1. The average Bonchev–Trinajstić information content (AvgIpc) is 1.28. The van der Waals surface area contributed by atoms with Gasteiger partial charge in [-0.1, -0.05) is 31.9 Å². The van der Waals surface area contributed by atoms with Crippen LogP contribution in [0.1, 0.15) is 80.6 Å². The van der Waals surface area contributed by atoms with Crippen LogP contribution in [0, 0.1) is 20.8 Å². The van der Waals surface area contributed by atoms with Crippen molar-refractivity contribution in [2.24, 2.45) is 5.92 Å². The number of benzene rings is 2. The number of alkyl halides is 2. The Morgan fingerprint density at radius 1 is 0.750 bits per heavy atom. The molecule has 0 radical (unpaired) electrons. The van der Waals surface area contributed by atoms with Crippen LogP contribution in [-0.2, 0) is 49.6 Å². The zero-order valence-corrected chi connectivity index (χ0v) is 57.2. The third kappa shape index (κ3) is 25.0. The summed E-state index contributed by atoms with van der Waals surface area (Å²) in [6.45, 7) is 4.49. The summed E-state index contributed by atoms with van der Waals surface area (Å²) in [5.74, 6) is -9.45. The SMILES string of the molecule is C[C@H](CN1C(=O)CC(S[C@H](CCCCCNC(=O)CCCc2ccc(I)cc2)CNC(=O)CN2CCN(CC(=O)O)CCN(CC(=O)O)CCN(CC(=O)O)CC2)C1=O)C(=O)N1CCN(CCCOc2ccc3nccc(C(=O)NCC(=O)N4CC(F)(F)C[C@@H]4C#N)c3c2)CC1. The van der Waals surface area contributed by atoms with Crippen LogP contribution in [0.25, 0.3) is 10.9 Å². The number of fused-ring (bicyclic) bond motifs is 1. The molecule has 0 bridgehead atoms. The maximum absolute atomic E-state index is 14.2. The molecule has 4 atom stereocenters. The van der Waals surface area contributed by atoms with Crippen LogP contribution in [-0.4, -0.2) is 292 Å². The fourth-order valence-corrected chi connectivity index (χ4v) is 13.8. The number of unbranched alkanes of at least 4 members (excludes halogenated alkanes) is 2. The van der Waals surface area contributed by atoms with E-state index < -0.39 is 84.2 Å². The van der Waals surface area contributed by atoms with Gasteiger partial charge < -0.3 is 45.8 Å². The first kappa shape index (κ1) is 76.2. The molecule has 4 aliphatic rings. The van der Waals surface area contributed by atoms with Crippen LogP contribution in [0.3, 0.4) is 0 Å². The highest BCUT2D eigenvalue weighted by Gasteiger charge is 2.47. The van der Waals surface area contributed by atoms with Gasteiger partial charge in [0.05, 0.1) is 74.2 Å². The van der Waals surface area contributed by atoms with Crippen molar-refractivity contribution in [3.8, 4) is 11.8 Å². The third-order valence-electron chi connectivity index (χ3n) is 17.3. The molecule has 6 N–H and O–H groups in total. The highest BCUT2D eigenvalue weighted by Crippen LogP contribution is 2.33. The monoisotopic (exact) mass is 1470 g/mol. The largest absolute Gasteiger partial charge is 0.494 e. The molecule has 1 unspecified atom stereocenters. The van der Waals surface area contributed by atoms with E-state index in [4.69, 9.17) is 4.74 Å². The van der Waals surface area contributed by atoms with E-state index in [0.29, 0.717) is 94.6 Å². The number of carboxylic acids is 3. The predicted molar refractivity (Wildman–Crippen MR) is 359 cm³/mol. The van der Waals surface area contributed by atoms with Gasteiger partial charge in [0, 0.05) is 144 Å². The lowest BCUT2D eigenvalue weighted by Crippen LogP contribution is -2.51. The molecule has 1 aromatic heterocycles. The van der Waals surface area contributed by atoms with E-state index in [1.165, 1.54) is 29.6 Å². The fraction of sp³-hybridized carbons (Fsp3) is 0.600. The molecule has 96 heavy (non-hydrogen) atoms. The van der Waals surface area contributed by atoms with Gasteiger partial charge in [-0.25, -0.2) is 8.78 Å². The highest BCUT2D eigenvalue weighted by molar-refractivity contribution is 14.1. The number of halogens is 3. The third-order valence-corrected chi connectivity index (χ3v) is 19.5. The van der Waals surface area contributed by atoms with Crippen LogP contribution in [0.15, 0.2) is 54.7 Å². The number of aliphatic carboxylic acids is 3. The number of thioether (sulfide) groups is 1. The van der Waals surface area contributed by atoms with Crippen molar-refractivity contribution in [2.45, 2.75) is 93.6 Å². The topological polar surface area (TPSA) is 339 Å². The number of ether oxygens (including phenoxy) is 1. The number of carbonyl (C=O) groups excluding carboxylic acids is 7. The smallest absolute Gasteiger partial charge is 0.317 e. The van der Waals surface area contributed by atoms with Crippen molar-refractivity contribution in [3.63, 3.8) is 0 Å². The minimum absolute atomic E-state index is 0.0282. The van der Waals surface area contributed by atoms with Crippen LogP contribution >= 0.6 is 34.4 Å². The Labute approximate surface area is 575 Å². The molecular formula is C65H88F2IN13O14S. The number of nitrogens with zero attached hydrogens (tertiary/aromatic N) is 10. The number of nitriles is 1. The van der Waals surface area contributed by atoms with Crippen molar-refractivity contribution in [3.05, 3.63) is 69.4 Å². The molecule has 0 saturated carbocycles. The Bertz CT molecular complexity index is 3200. The van der Waals surface area contributed by atoms with Crippen molar-refractivity contribution in [2.75, 3.05) is 151 Å². The molecule has 7 rings (SSSR count). The van der Waals surface area contributed by atoms with Gasteiger partial charge in [0.15, 0.2) is 0 Å². The summed E-state index contributed by atoms with van der Waals surface area (Å²) in [5.41, 5.74) is 1.84. The molecular weight excluding hydrogens is 1380 g/mol. The maximum atomic E-state index is 14.2. The number of aryl methyl sites for hydroxylation is 1. The fourth-order valence-electron chi connectivity index (χ4n) is 12.1. The van der Waals surface area contributed by atoms with Gasteiger partial charge in [-0.15, -0.1) is 11.8 Å². The Morgan fingerprint density at radius 3 is 1.98 bits per heavy atom. The molecule has 3 aromatic rings. The molecule has 27 nitrogen and oxygen atoms in total. The van der Waals surface area contributed by atoms with E-state index in [1.54, 1.807) is 50.8 Å². The van der Waals surface area contributed by atoms with Crippen molar-refractivity contribution in [1.82, 2.24) is 60.1 Å². The quantitative estimate of drug-likeness (QED) is 0.0290. The number of carboxylic acid groups (broad SMARTS) is 3. The number of carbonyl (C=O) groups is 10. The summed E-state index contributed by atoms with van der Waals surface area (Å²) >= 11 is 3.56. The van der Waals surface area contributed by atoms with E-state index in [-0.39, 0.29) is 127 Å². The van der Waals surface area contributed by atoms with E-state index in [2.05, 4.69) is 60.6 Å². The Hall–Kier alpha value is -7.22. The van der Waals surface area contributed by atoms with E-state index in [0.717, 1.165) is 32.6 Å². The number of aromatic nitrogens is 1. The summed E-state index contributed by atoms with van der Waals surface area (Å²) in [4.78, 5) is 147. The van der Waals surface area contributed by atoms with Gasteiger partial charge in [0.2, 0.25) is 35.4 Å². The second-order valence-electron chi connectivity index (χ2n) is 24.8. The van der Waals surface area contributed by atoms with Gasteiger partial charge in [0.1, 0.15) is 11.8 Å². The highest BCUT2D eigenvalue weighted by atomic mass is 127. The van der Waals surface area contributed by atoms with Gasteiger partial charge in [-0.3, -0.25) is 82.3 Å². The van der Waals surface area contributed by atoms with E-state index in [1.807, 2.05) is 17.0 Å². The van der Waals surface area contributed by atoms with Crippen LogP contribution in [0.4, 0.5) is 8.78 Å². The summed E-state index contributed by atoms with van der Waals surface area (Å²) in [7, 11) is 0. The van der Waals surface area contributed by atoms with Crippen LogP contribution < -0.4 is 20.7 Å². The second-order valence-corrected chi connectivity index (χ2v) is 27.5. The normalized spacial score (nSPS) is 19.4. The van der Waals surface area contributed by atoms with Crippen LogP contribution in [0.2, 0.25) is 0 Å². The number of imide groups is 1. The lowest BCUT2D eigenvalue weighted by Gasteiger charge is -2.36. The number of piperazine rings is 1. The lowest BCUT2D eigenvalue weighted by atomic mass is 10.1. The number of rotatable bonds is 33. The molecule has 4 fully saturated rings. The van der Waals surface area contributed by atoms with Crippen molar-refractivity contribution in [1.29, 1.82) is 5.26 Å². The number of hydrogen-bond acceptors (Lipinski definition) is 19. The predicted octanol–water partition coefficient (Wildman–Crippen LogP) is 2.40. The Morgan fingerprint density at radius 2 is 1.36 bits per heavy atom. The molecule has 4 aliphatic heterocycles. The zero-order chi connectivity index (χ0) is 69.3. The van der Waals surface area contributed by atoms with Gasteiger partial charge in [-0.2, -0.15) is 5.26 Å². The van der Waals surface area contributed by atoms with Gasteiger partial charge in [0.25, 0.3) is 11.8 Å². The van der Waals surface area contributed by atoms with Crippen molar-refractivity contribution >= 4 is 105 Å². The van der Waals surface area contributed by atoms with Crippen LogP contribution in [0.5, 0.6) is 5.75 Å². The Balaban J connectivity index is 0.879. The van der Waals surface area contributed by atoms with Gasteiger partial charge >= 0.3 is 17.9 Å². The average molecular weight is 1470 g/mol. The first-order chi connectivity index (χ1) is 45.9. The Kier molecular flexibility index (Phi) is 30.2. The number of pyridine rings is 1. The number of nitrogens with one attached hydrogen (secondary N) is 3. The molecule has 5 heterocycles. The number of hydrogen-bond donors (Lipinski definition) is 6. The molecule has 0 aliphatic carbocycles.